The number of hydrogen-bond donors (Lipinski definition) is 2. The van der Waals surface area contributed by atoms with E-state index in [-0.39, 0.29) is 5.69 Å². The number of hydroxylamine groups is 1. The van der Waals surface area contributed by atoms with E-state index in [1.54, 1.807) is 25.3 Å². The zero-order chi connectivity index (χ0) is 11.5. The Morgan fingerprint density at radius 1 is 1.56 bits per heavy atom. The quantitative estimate of drug-likeness (QED) is 0.743. The molecule has 2 heterocycles. The zero-order valence-electron chi connectivity index (χ0n) is 8.60. The van der Waals surface area contributed by atoms with Crippen molar-refractivity contribution in [2.75, 3.05) is 0 Å². The summed E-state index contributed by atoms with van der Waals surface area (Å²) in [4.78, 5) is 24.4. The number of nitrogens with zero attached hydrogens (tertiary/aromatic N) is 2. The first-order valence-corrected chi connectivity index (χ1v) is 4.61. The molecule has 6 heteroatoms. The van der Waals surface area contributed by atoms with Crippen LogP contribution in [0.3, 0.4) is 0 Å². The Bertz CT molecular complexity index is 494. The van der Waals surface area contributed by atoms with Gasteiger partial charge in [-0.25, -0.2) is 15.4 Å². The van der Waals surface area contributed by atoms with Crippen molar-refractivity contribution in [2.24, 2.45) is 5.73 Å². The molecule has 0 aromatic carbocycles. The highest BCUT2D eigenvalue weighted by atomic mass is 16.6. The summed E-state index contributed by atoms with van der Waals surface area (Å²) in [6.07, 6.45) is 6.55. The zero-order valence-corrected chi connectivity index (χ0v) is 8.60. The molecule has 0 unspecified atom stereocenters. The number of amides is 1. The largest absolute Gasteiger partial charge is 0.382 e. The highest BCUT2D eigenvalue weighted by Crippen LogP contribution is 2.19. The minimum absolute atomic E-state index is 0.149. The maximum atomic E-state index is 11.2. The average molecular weight is 218 g/mol. The fraction of sp³-hybridized carbons (Fsp3) is 0.100. The molecule has 82 valence electrons. The molecule has 3 N–H and O–H groups in total. The van der Waals surface area contributed by atoms with Crippen LogP contribution in [0.5, 0.6) is 0 Å². The minimum Gasteiger partial charge on any atom is -0.382 e. The van der Waals surface area contributed by atoms with Crippen molar-refractivity contribution < 1.29 is 9.63 Å². The third-order valence-corrected chi connectivity index (χ3v) is 1.99. The number of aromatic nitrogens is 2. The standard InChI is InChI=1S/C10H10N4O2/c1-6-12-5-7(9(14-6)10(11)15)8-3-2-4-13-16-8/h2-5,13H,1H3,(H2,11,15). The Hall–Kier alpha value is -2.37. The first kappa shape index (κ1) is 10.2. The van der Waals surface area contributed by atoms with E-state index in [1.165, 1.54) is 6.20 Å². The first-order chi connectivity index (χ1) is 7.68. The average Bonchev–Trinajstić information content (AvgIpc) is 2.30. The summed E-state index contributed by atoms with van der Waals surface area (Å²) in [7, 11) is 0. The molecular weight excluding hydrogens is 208 g/mol. The summed E-state index contributed by atoms with van der Waals surface area (Å²) < 4.78 is 0. The first-order valence-electron chi connectivity index (χ1n) is 4.61. The van der Waals surface area contributed by atoms with Gasteiger partial charge in [0.1, 0.15) is 11.5 Å². The third-order valence-electron chi connectivity index (χ3n) is 1.99. The molecule has 0 radical (unpaired) electrons. The molecule has 0 spiro atoms. The van der Waals surface area contributed by atoms with Crippen molar-refractivity contribution in [2.45, 2.75) is 6.92 Å². The molecule has 1 aromatic rings. The van der Waals surface area contributed by atoms with Crippen molar-refractivity contribution in [3.63, 3.8) is 0 Å². The van der Waals surface area contributed by atoms with Gasteiger partial charge in [0.2, 0.25) is 0 Å². The van der Waals surface area contributed by atoms with Crippen LogP contribution in [0.15, 0.2) is 24.5 Å². The molecule has 16 heavy (non-hydrogen) atoms. The molecule has 1 amide bonds. The summed E-state index contributed by atoms with van der Waals surface area (Å²) in [5.41, 5.74) is 8.41. The number of aryl methyl sites for hydroxylation is 1. The van der Waals surface area contributed by atoms with Crippen LogP contribution in [0.2, 0.25) is 0 Å². The van der Waals surface area contributed by atoms with Crippen LogP contribution >= 0.6 is 0 Å². The van der Waals surface area contributed by atoms with E-state index in [4.69, 9.17) is 10.6 Å². The summed E-state index contributed by atoms with van der Waals surface area (Å²) in [5, 5.41) is 0. The molecule has 1 aromatic heterocycles. The highest BCUT2D eigenvalue weighted by Gasteiger charge is 2.16. The number of rotatable bonds is 2. The topological polar surface area (TPSA) is 90.1 Å². The second-order valence-corrected chi connectivity index (χ2v) is 3.15. The molecule has 0 aliphatic carbocycles. The lowest BCUT2D eigenvalue weighted by Crippen LogP contribution is -2.19. The van der Waals surface area contributed by atoms with Crippen LogP contribution in [-0.4, -0.2) is 15.9 Å². The second kappa shape index (κ2) is 4.01. The lowest BCUT2D eigenvalue weighted by Gasteiger charge is -2.13. The minimum atomic E-state index is -0.612. The number of nitrogens with two attached hydrogens (primary N) is 1. The van der Waals surface area contributed by atoms with E-state index in [0.717, 1.165) is 0 Å². The Balaban J connectivity index is 2.51. The summed E-state index contributed by atoms with van der Waals surface area (Å²) in [6.45, 7) is 1.69. The normalized spacial score (nSPS) is 13.7. The smallest absolute Gasteiger partial charge is 0.268 e. The van der Waals surface area contributed by atoms with Gasteiger partial charge in [-0.15, -0.1) is 0 Å². The van der Waals surface area contributed by atoms with E-state index in [2.05, 4.69) is 15.4 Å². The van der Waals surface area contributed by atoms with Crippen LogP contribution in [-0.2, 0) is 4.84 Å². The molecule has 0 saturated carbocycles. The van der Waals surface area contributed by atoms with E-state index >= 15 is 0 Å². The third kappa shape index (κ3) is 1.85. The van der Waals surface area contributed by atoms with Gasteiger partial charge in [-0.3, -0.25) is 4.79 Å². The van der Waals surface area contributed by atoms with Crippen LogP contribution in [0.25, 0.3) is 5.76 Å². The van der Waals surface area contributed by atoms with E-state index in [9.17, 15) is 4.79 Å². The van der Waals surface area contributed by atoms with Gasteiger partial charge in [0.15, 0.2) is 5.76 Å². The number of carbonyl (C=O) groups is 1. The Morgan fingerprint density at radius 2 is 2.38 bits per heavy atom. The number of hydrogen-bond acceptors (Lipinski definition) is 5. The van der Waals surface area contributed by atoms with Gasteiger partial charge in [0, 0.05) is 12.4 Å². The van der Waals surface area contributed by atoms with Gasteiger partial charge in [-0.2, -0.15) is 0 Å². The number of nitrogens with one attached hydrogen (secondary N) is 1. The Labute approximate surface area is 91.8 Å². The van der Waals surface area contributed by atoms with Crippen LogP contribution in [0.4, 0.5) is 0 Å². The molecule has 0 saturated heterocycles. The van der Waals surface area contributed by atoms with Crippen LogP contribution in [0.1, 0.15) is 21.9 Å². The van der Waals surface area contributed by atoms with Crippen molar-refractivity contribution in [3.8, 4) is 0 Å². The number of allylic oxidation sites excluding steroid dienone is 2. The lowest BCUT2D eigenvalue weighted by atomic mass is 10.1. The lowest BCUT2D eigenvalue weighted by molar-refractivity contribution is 0.0993. The molecular formula is C10H10N4O2. The van der Waals surface area contributed by atoms with E-state index in [1.807, 2.05) is 0 Å². The summed E-state index contributed by atoms with van der Waals surface area (Å²) in [6, 6.07) is 0. The van der Waals surface area contributed by atoms with E-state index < -0.39 is 5.91 Å². The highest BCUT2D eigenvalue weighted by molar-refractivity contribution is 5.95. The van der Waals surface area contributed by atoms with Crippen molar-refractivity contribution in [1.82, 2.24) is 15.4 Å². The van der Waals surface area contributed by atoms with Crippen molar-refractivity contribution >= 4 is 11.7 Å². The number of carbonyl (C=O) groups excluding carboxylic acids is 1. The predicted octanol–water partition coefficient (Wildman–Crippen LogP) is 0.273. The van der Waals surface area contributed by atoms with Gasteiger partial charge >= 0.3 is 0 Å². The van der Waals surface area contributed by atoms with E-state index in [0.29, 0.717) is 17.1 Å². The van der Waals surface area contributed by atoms with Crippen molar-refractivity contribution in [3.05, 3.63) is 41.6 Å². The Morgan fingerprint density at radius 3 is 3.00 bits per heavy atom. The molecule has 0 atom stereocenters. The summed E-state index contributed by atoms with van der Waals surface area (Å²) >= 11 is 0. The van der Waals surface area contributed by atoms with Gasteiger partial charge < -0.3 is 10.6 Å². The van der Waals surface area contributed by atoms with Crippen LogP contribution < -0.4 is 11.2 Å². The molecule has 1 aliphatic heterocycles. The number of primary amides is 1. The molecule has 2 rings (SSSR count). The fourth-order valence-electron chi connectivity index (χ4n) is 1.29. The van der Waals surface area contributed by atoms with Crippen LogP contribution in [0, 0.1) is 6.92 Å². The monoisotopic (exact) mass is 218 g/mol. The SMILES string of the molecule is Cc1ncc(C2=CC=CNO2)c(C(N)=O)n1. The molecule has 0 bridgehead atoms. The van der Waals surface area contributed by atoms with Gasteiger partial charge in [-0.05, 0) is 19.1 Å². The van der Waals surface area contributed by atoms with Crippen molar-refractivity contribution in [1.29, 1.82) is 0 Å². The van der Waals surface area contributed by atoms with Gasteiger partial charge in [0.25, 0.3) is 5.91 Å². The van der Waals surface area contributed by atoms with Gasteiger partial charge in [0.05, 0.1) is 5.56 Å². The maximum absolute atomic E-state index is 11.2. The molecule has 6 nitrogen and oxygen atoms in total. The summed E-state index contributed by atoms with van der Waals surface area (Å²) in [5.74, 6) is 0.327. The predicted molar refractivity (Wildman–Crippen MR) is 56.6 cm³/mol. The molecule has 1 aliphatic rings. The molecule has 0 fully saturated rings. The second-order valence-electron chi connectivity index (χ2n) is 3.15. The maximum Gasteiger partial charge on any atom is 0.268 e. The van der Waals surface area contributed by atoms with Gasteiger partial charge in [-0.1, -0.05) is 0 Å². The Kier molecular flexibility index (Phi) is 2.55. The fourth-order valence-corrected chi connectivity index (χ4v) is 1.29.